The number of anilines is 2. The largest absolute Gasteiger partial charge is 0.326 e. The number of rotatable bonds is 6. The number of likely N-dealkylation sites (N-methyl/N-ethyl adjacent to an activating group) is 1. The van der Waals surface area contributed by atoms with Crippen molar-refractivity contribution in [3.05, 3.63) is 24.3 Å². The number of carbonyl (C=O) groups is 2. The number of hydrogen-bond donors (Lipinski definition) is 2. The summed E-state index contributed by atoms with van der Waals surface area (Å²) in [5.41, 5.74) is 1.38. The summed E-state index contributed by atoms with van der Waals surface area (Å²) >= 11 is 0. The molecule has 0 saturated heterocycles. The highest BCUT2D eigenvalue weighted by Gasteiger charge is 2.05. The number of nitrogens with one attached hydrogen (secondary N) is 2. The van der Waals surface area contributed by atoms with Crippen molar-refractivity contribution in [2.75, 3.05) is 31.3 Å². The van der Waals surface area contributed by atoms with Crippen LogP contribution in [0.1, 0.15) is 19.8 Å². The highest BCUT2D eigenvalue weighted by atomic mass is 16.2. The molecule has 0 fully saturated rings. The van der Waals surface area contributed by atoms with Crippen molar-refractivity contribution in [2.45, 2.75) is 19.8 Å². The van der Waals surface area contributed by atoms with Crippen molar-refractivity contribution in [3.8, 4) is 0 Å². The van der Waals surface area contributed by atoms with Crippen molar-refractivity contribution in [1.29, 1.82) is 0 Å². The Balaban J connectivity index is 2.61. The van der Waals surface area contributed by atoms with Crippen molar-refractivity contribution in [2.24, 2.45) is 0 Å². The van der Waals surface area contributed by atoms with Gasteiger partial charge in [-0.15, -0.1) is 0 Å². The maximum Gasteiger partial charge on any atom is 0.238 e. The van der Waals surface area contributed by atoms with Crippen LogP contribution in [0, 0.1) is 0 Å². The summed E-state index contributed by atoms with van der Waals surface area (Å²) in [6.07, 6.45) is 1.31. The molecule has 0 spiro atoms. The van der Waals surface area contributed by atoms with Crippen molar-refractivity contribution in [3.63, 3.8) is 0 Å². The van der Waals surface area contributed by atoms with Crippen molar-refractivity contribution < 1.29 is 9.59 Å². The third kappa shape index (κ3) is 6.01. The highest BCUT2D eigenvalue weighted by molar-refractivity contribution is 5.94. The Morgan fingerprint density at radius 2 is 1.68 bits per heavy atom. The second kappa shape index (κ2) is 7.53. The first kappa shape index (κ1) is 15.2. The molecule has 5 heteroatoms. The van der Waals surface area contributed by atoms with Gasteiger partial charge in [-0.05, 0) is 38.7 Å². The van der Waals surface area contributed by atoms with E-state index in [1.165, 1.54) is 0 Å². The van der Waals surface area contributed by atoms with Crippen LogP contribution in [-0.4, -0.2) is 37.4 Å². The summed E-state index contributed by atoms with van der Waals surface area (Å²) < 4.78 is 0. The minimum Gasteiger partial charge on any atom is -0.326 e. The van der Waals surface area contributed by atoms with Gasteiger partial charge in [0, 0.05) is 17.8 Å². The molecule has 0 radical (unpaired) electrons. The lowest BCUT2D eigenvalue weighted by Gasteiger charge is -2.11. The average Bonchev–Trinajstić information content (AvgIpc) is 2.28. The van der Waals surface area contributed by atoms with E-state index in [-0.39, 0.29) is 11.8 Å². The third-order valence-corrected chi connectivity index (χ3v) is 2.37. The van der Waals surface area contributed by atoms with Gasteiger partial charge >= 0.3 is 0 Å². The topological polar surface area (TPSA) is 61.4 Å². The SMILES string of the molecule is CCCC(=O)Nc1cccc(NC(=O)CN(C)C)c1. The zero-order chi connectivity index (χ0) is 14.3. The van der Waals surface area contributed by atoms with Crippen LogP contribution in [0.4, 0.5) is 11.4 Å². The van der Waals surface area contributed by atoms with Gasteiger partial charge in [-0.3, -0.25) is 9.59 Å². The van der Waals surface area contributed by atoms with E-state index in [9.17, 15) is 9.59 Å². The zero-order valence-electron chi connectivity index (χ0n) is 11.7. The Morgan fingerprint density at radius 1 is 1.11 bits per heavy atom. The van der Waals surface area contributed by atoms with Crippen molar-refractivity contribution >= 4 is 23.2 Å². The summed E-state index contributed by atoms with van der Waals surface area (Å²) in [5, 5.41) is 5.58. The molecule has 0 aliphatic carbocycles. The molecular weight excluding hydrogens is 242 g/mol. The van der Waals surface area contributed by atoms with E-state index in [0.29, 0.717) is 24.3 Å². The van der Waals surface area contributed by atoms with Gasteiger partial charge in [0.2, 0.25) is 11.8 Å². The molecule has 0 aromatic heterocycles. The normalized spacial score (nSPS) is 10.3. The molecule has 1 rings (SSSR count). The summed E-state index contributed by atoms with van der Waals surface area (Å²) in [6.45, 7) is 2.28. The van der Waals surface area contributed by atoms with Gasteiger partial charge in [-0.2, -0.15) is 0 Å². The van der Waals surface area contributed by atoms with Crippen LogP contribution in [0.3, 0.4) is 0 Å². The molecule has 1 aromatic rings. The third-order valence-electron chi connectivity index (χ3n) is 2.37. The lowest BCUT2D eigenvalue weighted by atomic mass is 10.2. The zero-order valence-corrected chi connectivity index (χ0v) is 11.7. The molecule has 0 heterocycles. The Morgan fingerprint density at radius 3 is 2.21 bits per heavy atom. The van der Waals surface area contributed by atoms with Gasteiger partial charge in [0.1, 0.15) is 0 Å². The molecule has 0 aliphatic heterocycles. The van der Waals surface area contributed by atoms with E-state index in [1.807, 2.05) is 21.0 Å². The number of amides is 2. The van der Waals surface area contributed by atoms with E-state index in [4.69, 9.17) is 0 Å². The summed E-state index contributed by atoms with van der Waals surface area (Å²) in [6, 6.07) is 7.14. The van der Waals surface area contributed by atoms with Crippen LogP contribution < -0.4 is 10.6 Å². The molecule has 0 atom stereocenters. The fraction of sp³-hybridized carbons (Fsp3) is 0.429. The second-order valence-corrected chi connectivity index (χ2v) is 4.66. The molecule has 5 nitrogen and oxygen atoms in total. The van der Waals surface area contributed by atoms with Gasteiger partial charge in [0.15, 0.2) is 0 Å². The number of nitrogens with zero attached hydrogens (tertiary/aromatic N) is 1. The van der Waals surface area contributed by atoms with Crippen LogP contribution in [0.2, 0.25) is 0 Å². The van der Waals surface area contributed by atoms with E-state index in [2.05, 4.69) is 10.6 Å². The van der Waals surface area contributed by atoms with Gasteiger partial charge in [-0.1, -0.05) is 13.0 Å². The lowest BCUT2D eigenvalue weighted by Crippen LogP contribution is -2.27. The van der Waals surface area contributed by atoms with Crippen LogP contribution in [-0.2, 0) is 9.59 Å². The smallest absolute Gasteiger partial charge is 0.238 e. The van der Waals surface area contributed by atoms with Crippen molar-refractivity contribution in [1.82, 2.24) is 4.90 Å². The molecule has 0 saturated carbocycles. The molecule has 19 heavy (non-hydrogen) atoms. The van der Waals surface area contributed by atoms with E-state index >= 15 is 0 Å². The number of hydrogen-bond acceptors (Lipinski definition) is 3. The predicted octanol–water partition coefficient (Wildman–Crippen LogP) is 1.93. The van der Waals surface area contributed by atoms with Gasteiger partial charge < -0.3 is 15.5 Å². The molecule has 2 amide bonds. The van der Waals surface area contributed by atoms with Crippen LogP contribution in [0.15, 0.2) is 24.3 Å². The van der Waals surface area contributed by atoms with Crippen LogP contribution >= 0.6 is 0 Å². The minimum absolute atomic E-state index is 0.0146. The van der Waals surface area contributed by atoms with Gasteiger partial charge in [-0.25, -0.2) is 0 Å². The minimum atomic E-state index is -0.0814. The number of carbonyl (C=O) groups excluding carboxylic acids is 2. The Hall–Kier alpha value is -1.88. The summed E-state index contributed by atoms with van der Waals surface area (Å²) in [5.74, 6) is -0.0960. The first-order chi connectivity index (χ1) is 9.01. The Labute approximate surface area is 114 Å². The molecule has 1 aromatic carbocycles. The van der Waals surface area contributed by atoms with Crippen LogP contribution in [0.25, 0.3) is 0 Å². The second-order valence-electron chi connectivity index (χ2n) is 4.66. The first-order valence-electron chi connectivity index (χ1n) is 6.35. The van der Waals surface area contributed by atoms with Gasteiger partial charge in [0.05, 0.1) is 6.54 Å². The quantitative estimate of drug-likeness (QED) is 0.824. The lowest BCUT2D eigenvalue weighted by molar-refractivity contribution is -0.117. The van der Waals surface area contributed by atoms with E-state index in [0.717, 1.165) is 6.42 Å². The standard InChI is InChI=1S/C14H21N3O2/c1-4-6-13(18)15-11-7-5-8-12(9-11)16-14(19)10-17(2)3/h5,7-9H,4,6,10H2,1-3H3,(H,15,18)(H,16,19). The Kier molecular flexibility index (Phi) is 6.02. The van der Waals surface area contributed by atoms with E-state index < -0.39 is 0 Å². The highest BCUT2D eigenvalue weighted by Crippen LogP contribution is 2.15. The molecule has 0 aliphatic rings. The fourth-order valence-corrected chi connectivity index (χ4v) is 1.61. The van der Waals surface area contributed by atoms with Crippen LogP contribution in [0.5, 0.6) is 0 Å². The molecular formula is C14H21N3O2. The maximum absolute atomic E-state index is 11.6. The predicted molar refractivity (Wildman–Crippen MR) is 77.2 cm³/mol. The molecule has 104 valence electrons. The maximum atomic E-state index is 11.6. The Bertz CT molecular complexity index is 444. The first-order valence-corrected chi connectivity index (χ1v) is 6.35. The fourth-order valence-electron chi connectivity index (χ4n) is 1.61. The molecule has 0 unspecified atom stereocenters. The summed E-state index contributed by atoms with van der Waals surface area (Å²) in [7, 11) is 3.67. The monoisotopic (exact) mass is 263 g/mol. The average molecular weight is 263 g/mol. The summed E-state index contributed by atoms with van der Waals surface area (Å²) in [4.78, 5) is 24.9. The van der Waals surface area contributed by atoms with E-state index in [1.54, 1.807) is 29.2 Å². The van der Waals surface area contributed by atoms with Gasteiger partial charge in [0.25, 0.3) is 0 Å². The molecule has 0 bridgehead atoms. The molecule has 2 N–H and O–H groups in total. The number of benzene rings is 1.